The Hall–Kier alpha value is -1.10. The van der Waals surface area contributed by atoms with Gasteiger partial charge in [-0.25, -0.2) is 9.78 Å². The first-order valence-electron chi connectivity index (χ1n) is 6.66. The van der Waals surface area contributed by atoms with E-state index in [9.17, 15) is 9.90 Å². The molecule has 5 heteroatoms. The number of carbonyl (C=O) groups is 1. The number of aromatic carboxylic acids is 1. The number of thiazole rings is 1. The zero-order chi connectivity index (χ0) is 13.1. The monoisotopic (exact) mass is 268 g/mol. The van der Waals surface area contributed by atoms with Crippen molar-refractivity contribution in [2.24, 2.45) is 0 Å². The third-order valence-electron chi connectivity index (χ3n) is 3.06. The van der Waals surface area contributed by atoms with Gasteiger partial charge in [-0.2, -0.15) is 0 Å². The van der Waals surface area contributed by atoms with Gasteiger partial charge in [-0.3, -0.25) is 0 Å². The summed E-state index contributed by atoms with van der Waals surface area (Å²) in [6.07, 6.45) is 4.29. The van der Waals surface area contributed by atoms with Gasteiger partial charge in [-0.1, -0.05) is 25.2 Å². The van der Waals surface area contributed by atoms with Crippen molar-refractivity contribution in [2.45, 2.75) is 45.4 Å². The molecule has 1 saturated carbocycles. The third kappa shape index (κ3) is 2.83. The van der Waals surface area contributed by atoms with Crippen molar-refractivity contribution in [2.75, 3.05) is 18.0 Å². The van der Waals surface area contributed by atoms with Crippen molar-refractivity contribution in [3.8, 4) is 0 Å². The standard InChI is InChI=1S/C13H20N2O2S/c1-3-7-15(8-4-2)13-14-10(9-5-6-9)11(18-13)12(16)17/h9H,3-8H2,1-2H3,(H,16,17). The molecule has 0 radical (unpaired) electrons. The molecule has 0 unspecified atom stereocenters. The molecular weight excluding hydrogens is 248 g/mol. The largest absolute Gasteiger partial charge is 0.477 e. The summed E-state index contributed by atoms with van der Waals surface area (Å²) >= 11 is 1.34. The molecule has 2 rings (SSSR count). The summed E-state index contributed by atoms with van der Waals surface area (Å²) in [6, 6.07) is 0. The number of anilines is 1. The Labute approximate surface area is 112 Å². The van der Waals surface area contributed by atoms with Gasteiger partial charge < -0.3 is 10.0 Å². The number of carboxylic acids is 1. The average Bonchev–Trinajstić information content (AvgIpc) is 3.08. The molecule has 18 heavy (non-hydrogen) atoms. The van der Waals surface area contributed by atoms with Crippen LogP contribution in [-0.2, 0) is 0 Å². The molecule has 1 aliphatic rings. The summed E-state index contributed by atoms with van der Waals surface area (Å²) in [7, 11) is 0. The molecule has 1 fully saturated rings. The molecule has 0 aliphatic heterocycles. The van der Waals surface area contributed by atoms with Crippen LogP contribution in [0.1, 0.15) is 60.8 Å². The highest BCUT2D eigenvalue weighted by Crippen LogP contribution is 2.44. The van der Waals surface area contributed by atoms with Crippen molar-refractivity contribution in [1.82, 2.24) is 4.98 Å². The van der Waals surface area contributed by atoms with Gasteiger partial charge in [-0.15, -0.1) is 0 Å². The van der Waals surface area contributed by atoms with Crippen LogP contribution in [0.5, 0.6) is 0 Å². The molecular formula is C13H20N2O2S. The topological polar surface area (TPSA) is 53.4 Å². The lowest BCUT2D eigenvalue weighted by atomic mass is 10.2. The maximum atomic E-state index is 11.3. The van der Waals surface area contributed by atoms with Gasteiger partial charge >= 0.3 is 5.97 Å². The third-order valence-corrected chi connectivity index (χ3v) is 4.18. The number of rotatable bonds is 7. The van der Waals surface area contributed by atoms with Crippen LogP contribution in [-0.4, -0.2) is 29.1 Å². The quantitative estimate of drug-likeness (QED) is 0.824. The first-order chi connectivity index (χ1) is 8.67. The number of nitrogens with zero attached hydrogens (tertiary/aromatic N) is 2. The van der Waals surface area contributed by atoms with Crippen molar-refractivity contribution < 1.29 is 9.90 Å². The average molecular weight is 268 g/mol. The van der Waals surface area contributed by atoms with Crippen LogP contribution in [0.2, 0.25) is 0 Å². The molecule has 0 saturated heterocycles. The maximum absolute atomic E-state index is 11.3. The smallest absolute Gasteiger partial charge is 0.347 e. The van der Waals surface area contributed by atoms with Gasteiger partial charge in [0, 0.05) is 19.0 Å². The lowest BCUT2D eigenvalue weighted by Gasteiger charge is -2.19. The summed E-state index contributed by atoms with van der Waals surface area (Å²) in [4.78, 5) is 18.5. The summed E-state index contributed by atoms with van der Waals surface area (Å²) in [5.74, 6) is -0.431. The van der Waals surface area contributed by atoms with E-state index in [1.54, 1.807) is 0 Å². The van der Waals surface area contributed by atoms with Crippen LogP contribution in [0, 0.1) is 0 Å². The molecule has 0 bridgehead atoms. The van der Waals surface area contributed by atoms with Crippen LogP contribution >= 0.6 is 11.3 Å². The van der Waals surface area contributed by atoms with Crippen LogP contribution in [0.25, 0.3) is 0 Å². The minimum absolute atomic E-state index is 0.395. The van der Waals surface area contributed by atoms with E-state index in [-0.39, 0.29) is 0 Å². The Morgan fingerprint density at radius 1 is 1.39 bits per heavy atom. The van der Waals surface area contributed by atoms with Gasteiger partial charge in [0.05, 0.1) is 5.69 Å². The molecule has 1 aliphatic carbocycles. The summed E-state index contributed by atoms with van der Waals surface area (Å²) in [5, 5.41) is 10.1. The SMILES string of the molecule is CCCN(CCC)c1nc(C2CC2)c(C(=O)O)s1. The van der Waals surface area contributed by atoms with E-state index in [1.807, 2.05) is 0 Å². The van der Waals surface area contributed by atoms with Crippen molar-refractivity contribution in [3.05, 3.63) is 10.6 Å². The van der Waals surface area contributed by atoms with E-state index < -0.39 is 5.97 Å². The molecule has 100 valence electrons. The predicted molar refractivity (Wildman–Crippen MR) is 73.8 cm³/mol. The Balaban J connectivity index is 2.26. The highest BCUT2D eigenvalue weighted by atomic mass is 32.1. The van der Waals surface area contributed by atoms with E-state index in [4.69, 9.17) is 0 Å². The number of aromatic nitrogens is 1. The molecule has 1 aromatic heterocycles. The van der Waals surface area contributed by atoms with E-state index in [0.717, 1.165) is 49.6 Å². The summed E-state index contributed by atoms with van der Waals surface area (Å²) in [5.41, 5.74) is 0.819. The van der Waals surface area contributed by atoms with Gasteiger partial charge in [-0.05, 0) is 25.7 Å². The van der Waals surface area contributed by atoms with Gasteiger partial charge in [0.1, 0.15) is 4.88 Å². The van der Waals surface area contributed by atoms with E-state index in [0.29, 0.717) is 10.8 Å². The van der Waals surface area contributed by atoms with E-state index in [1.165, 1.54) is 11.3 Å². The van der Waals surface area contributed by atoms with Gasteiger partial charge in [0.15, 0.2) is 5.13 Å². The molecule has 1 N–H and O–H groups in total. The first-order valence-corrected chi connectivity index (χ1v) is 7.48. The fourth-order valence-electron chi connectivity index (χ4n) is 2.09. The molecule has 0 spiro atoms. The van der Waals surface area contributed by atoms with Gasteiger partial charge in [0.2, 0.25) is 0 Å². The normalized spacial score (nSPS) is 14.8. The number of hydrogen-bond donors (Lipinski definition) is 1. The minimum atomic E-state index is -0.825. The van der Waals surface area contributed by atoms with Gasteiger partial charge in [0.25, 0.3) is 0 Å². The highest BCUT2D eigenvalue weighted by molar-refractivity contribution is 7.17. The molecule has 1 heterocycles. The van der Waals surface area contributed by atoms with Crippen LogP contribution in [0.15, 0.2) is 0 Å². The minimum Gasteiger partial charge on any atom is -0.477 e. The Bertz CT molecular complexity index is 421. The second-order valence-electron chi connectivity index (χ2n) is 4.78. The molecule has 4 nitrogen and oxygen atoms in total. The Morgan fingerprint density at radius 2 is 2.00 bits per heavy atom. The zero-order valence-electron chi connectivity index (χ0n) is 11.0. The van der Waals surface area contributed by atoms with Crippen molar-refractivity contribution >= 4 is 22.4 Å². The second-order valence-corrected chi connectivity index (χ2v) is 5.75. The lowest BCUT2D eigenvalue weighted by Crippen LogP contribution is -2.24. The van der Waals surface area contributed by atoms with Crippen molar-refractivity contribution in [3.63, 3.8) is 0 Å². The molecule has 0 aromatic carbocycles. The van der Waals surface area contributed by atoms with E-state index in [2.05, 4.69) is 23.7 Å². The predicted octanol–water partition coefficient (Wildman–Crippen LogP) is 3.35. The van der Waals surface area contributed by atoms with E-state index >= 15 is 0 Å². The zero-order valence-corrected chi connectivity index (χ0v) is 11.8. The van der Waals surface area contributed by atoms with Crippen LogP contribution < -0.4 is 4.90 Å². The van der Waals surface area contributed by atoms with Crippen LogP contribution in [0.4, 0.5) is 5.13 Å². The first kappa shape index (κ1) is 13.3. The molecule has 0 amide bonds. The molecule has 0 atom stereocenters. The van der Waals surface area contributed by atoms with Crippen LogP contribution in [0.3, 0.4) is 0 Å². The maximum Gasteiger partial charge on any atom is 0.347 e. The highest BCUT2D eigenvalue weighted by Gasteiger charge is 2.32. The second kappa shape index (κ2) is 5.69. The fraction of sp³-hybridized carbons (Fsp3) is 0.692. The van der Waals surface area contributed by atoms with Crippen molar-refractivity contribution in [1.29, 1.82) is 0 Å². The fourth-order valence-corrected chi connectivity index (χ4v) is 3.13. The lowest BCUT2D eigenvalue weighted by molar-refractivity contribution is 0.0700. The summed E-state index contributed by atoms with van der Waals surface area (Å²) < 4.78 is 0. The number of hydrogen-bond acceptors (Lipinski definition) is 4. The Kier molecular flexibility index (Phi) is 4.22. The number of carboxylic acid groups (broad SMARTS) is 1. The molecule has 1 aromatic rings. The Morgan fingerprint density at radius 3 is 2.44 bits per heavy atom. The summed E-state index contributed by atoms with van der Waals surface area (Å²) in [6.45, 7) is 6.17.